The number of anilines is 2. The maximum absolute atomic E-state index is 12.6. The van der Waals surface area contributed by atoms with Gasteiger partial charge in [0, 0.05) is 25.3 Å². The fourth-order valence-electron chi connectivity index (χ4n) is 2.55. The van der Waals surface area contributed by atoms with Crippen LogP contribution in [0.25, 0.3) is 0 Å². The Labute approximate surface area is 142 Å². The Balaban J connectivity index is 2.44. The van der Waals surface area contributed by atoms with Gasteiger partial charge in [-0.1, -0.05) is 39.0 Å². The van der Waals surface area contributed by atoms with Crippen molar-refractivity contribution in [2.75, 3.05) is 24.3 Å². The first-order valence-electron chi connectivity index (χ1n) is 7.76. The zero-order chi connectivity index (χ0) is 18.1. The summed E-state index contributed by atoms with van der Waals surface area (Å²) in [6, 6.07) is 10.3. The Morgan fingerprint density at radius 2 is 1.67 bits per heavy atom. The van der Waals surface area contributed by atoms with Gasteiger partial charge in [-0.15, -0.1) is 0 Å². The number of hydrogen-bond donors (Lipinski definition) is 3. The normalized spacial score (nSPS) is 11.2. The van der Waals surface area contributed by atoms with Crippen molar-refractivity contribution in [2.24, 2.45) is 0 Å². The van der Waals surface area contributed by atoms with E-state index in [1.54, 1.807) is 18.2 Å². The lowest BCUT2D eigenvalue weighted by molar-refractivity contribution is 0.102. The minimum absolute atomic E-state index is 0.0287. The fourth-order valence-corrected chi connectivity index (χ4v) is 2.55. The van der Waals surface area contributed by atoms with Crippen molar-refractivity contribution in [2.45, 2.75) is 26.2 Å². The summed E-state index contributed by atoms with van der Waals surface area (Å²) in [6.45, 7) is 5.85. The number of rotatable bonds is 3. The standard InChI is InChI=1S/C19H24N2O3/c1-19(2,3)13-10-11-15(22)16(17(13)23)20-18(24)12-8-6-7-9-14(12)21(4)5/h6-11,22-23H,1-5H3,(H,20,24). The molecule has 0 aromatic heterocycles. The van der Waals surface area contributed by atoms with Gasteiger partial charge >= 0.3 is 0 Å². The van der Waals surface area contributed by atoms with E-state index in [0.29, 0.717) is 11.1 Å². The number of phenolic OH excluding ortho intramolecular Hbond substituents is 2. The van der Waals surface area contributed by atoms with Crippen LogP contribution in [0.2, 0.25) is 0 Å². The number of nitrogens with one attached hydrogen (secondary N) is 1. The third kappa shape index (κ3) is 3.45. The predicted molar refractivity (Wildman–Crippen MR) is 97.2 cm³/mol. The average Bonchev–Trinajstić information content (AvgIpc) is 2.49. The summed E-state index contributed by atoms with van der Waals surface area (Å²) in [5.74, 6) is -0.676. The molecule has 0 radical (unpaired) electrons. The lowest BCUT2D eigenvalue weighted by Crippen LogP contribution is -2.19. The Hall–Kier alpha value is -2.69. The second-order valence-corrected chi connectivity index (χ2v) is 6.97. The van der Waals surface area contributed by atoms with E-state index in [0.717, 1.165) is 5.69 Å². The number of phenols is 2. The van der Waals surface area contributed by atoms with Crippen LogP contribution in [0.4, 0.5) is 11.4 Å². The number of benzene rings is 2. The lowest BCUT2D eigenvalue weighted by Gasteiger charge is -2.23. The van der Waals surface area contributed by atoms with Crippen LogP contribution in [0.15, 0.2) is 36.4 Å². The molecule has 0 aliphatic carbocycles. The Bertz CT molecular complexity index is 762. The Morgan fingerprint density at radius 3 is 2.25 bits per heavy atom. The van der Waals surface area contributed by atoms with Crippen LogP contribution >= 0.6 is 0 Å². The Morgan fingerprint density at radius 1 is 1.04 bits per heavy atom. The van der Waals surface area contributed by atoms with Gasteiger partial charge in [0.25, 0.3) is 5.91 Å². The third-order valence-electron chi connectivity index (χ3n) is 3.83. The summed E-state index contributed by atoms with van der Waals surface area (Å²) in [4.78, 5) is 14.5. The van der Waals surface area contributed by atoms with Crippen LogP contribution in [0, 0.1) is 0 Å². The van der Waals surface area contributed by atoms with Crippen molar-refractivity contribution in [3.63, 3.8) is 0 Å². The fraction of sp³-hybridized carbons (Fsp3) is 0.316. The molecular formula is C19H24N2O3. The van der Waals surface area contributed by atoms with Crippen LogP contribution in [-0.4, -0.2) is 30.2 Å². The molecule has 5 heteroatoms. The second-order valence-electron chi connectivity index (χ2n) is 6.97. The first-order valence-corrected chi connectivity index (χ1v) is 7.76. The average molecular weight is 328 g/mol. The molecule has 0 unspecified atom stereocenters. The largest absolute Gasteiger partial charge is 0.506 e. The molecule has 2 aromatic rings. The molecule has 0 bridgehead atoms. The van der Waals surface area contributed by atoms with Gasteiger partial charge in [0.1, 0.15) is 17.2 Å². The minimum atomic E-state index is -0.393. The van der Waals surface area contributed by atoms with Crippen molar-refractivity contribution in [1.82, 2.24) is 0 Å². The van der Waals surface area contributed by atoms with E-state index < -0.39 is 5.91 Å². The van der Waals surface area contributed by atoms with E-state index in [9.17, 15) is 15.0 Å². The number of carbonyl (C=O) groups excluding carboxylic acids is 1. The molecule has 2 aromatic carbocycles. The van der Waals surface area contributed by atoms with Gasteiger partial charge in [0.05, 0.1) is 5.56 Å². The van der Waals surface area contributed by atoms with Crippen molar-refractivity contribution < 1.29 is 15.0 Å². The zero-order valence-corrected chi connectivity index (χ0v) is 14.7. The number of aromatic hydroxyl groups is 2. The molecule has 0 heterocycles. The highest BCUT2D eigenvalue weighted by Gasteiger charge is 2.24. The monoisotopic (exact) mass is 328 g/mol. The quantitative estimate of drug-likeness (QED) is 0.751. The lowest BCUT2D eigenvalue weighted by atomic mass is 9.86. The number of para-hydroxylation sites is 1. The molecule has 0 aliphatic rings. The SMILES string of the molecule is CN(C)c1ccccc1C(=O)Nc1c(O)ccc(C(C)(C)C)c1O. The molecule has 1 amide bonds. The third-order valence-corrected chi connectivity index (χ3v) is 3.83. The van der Waals surface area contributed by atoms with Gasteiger partial charge in [-0.25, -0.2) is 0 Å². The molecule has 3 N–H and O–H groups in total. The molecule has 0 atom stereocenters. The van der Waals surface area contributed by atoms with Crippen LogP contribution < -0.4 is 10.2 Å². The molecular weight excluding hydrogens is 304 g/mol. The molecule has 0 spiro atoms. The van der Waals surface area contributed by atoms with Gasteiger partial charge < -0.3 is 20.4 Å². The van der Waals surface area contributed by atoms with Crippen molar-refractivity contribution >= 4 is 17.3 Å². The highest BCUT2D eigenvalue weighted by Crippen LogP contribution is 2.41. The van der Waals surface area contributed by atoms with Crippen molar-refractivity contribution in [3.8, 4) is 11.5 Å². The summed E-state index contributed by atoms with van der Waals surface area (Å²) < 4.78 is 0. The minimum Gasteiger partial charge on any atom is -0.506 e. The van der Waals surface area contributed by atoms with Crippen LogP contribution in [-0.2, 0) is 5.41 Å². The maximum Gasteiger partial charge on any atom is 0.257 e. The van der Waals surface area contributed by atoms with Crippen molar-refractivity contribution in [3.05, 3.63) is 47.5 Å². The summed E-state index contributed by atoms with van der Waals surface area (Å²) in [7, 11) is 3.70. The first-order chi connectivity index (χ1) is 11.1. The van der Waals surface area contributed by atoms with E-state index in [-0.39, 0.29) is 22.6 Å². The van der Waals surface area contributed by atoms with Crippen molar-refractivity contribution in [1.29, 1.82) is 0 Å². The van der Waals surface area contributed by atoms with E-state index in [1.165, 1.54) is 6.07 Å². The smallest absolute Gasteiger partial charge is 0.257 e. The molecule has 0 saturated carbocycles. The van der Waals surface area contributed by atoms with Crippen LogP contribution in [0.1, 0.15) is 36.7 Å². The summed E-state index contributed by atoms with van der Waals surface area (Å²) in [5, 5.41) is 23.2. The molecule has 0 saturated heterocycles. The van der Waals surface area contributed by atoms with Gasteiger partial charge in [-0.3, -0.25) is 4.79 Å². The van der Waals surface area contributed by atoms with Gasteiger partial charge in [0.2, 0.25) is 0 Å². The second kappa shape index (κ2) is 6.43. The predicted octanol–water partition coefficient (Wildman–Crippen LogP) is 3.71. The number of nitrogens with zero attached hydrogens (tertiary/aromatic N) is 1. The van der Waals surface area contributed by atoms with E-state index in [2.05, 4.69) is 5.32 Å². The Kier molecular flexibility index (Phi) is 4.73. The molecule has 2 rings (SSSR count). The number of amides is 1. The van der Waals surface area contributed by atoms with Gasteiger partial charge in [-0.05, 0) is 23.6 Å². The van der Waals surface area contributed by atoms with Crippen LogP contribution in [0.3, 0.4) is 0 Å². The number of carbonyl (C=O) groups is 1. The van der Waals surface area contributed by atoms with Gasteiger partial charge in [-0.2, -0.15) is 0 Å². The molecule has 128 valence electrons. The summed E-state index contributed by atoms with van der Waals surface area (Å²) in [5.41, 5.74) is 1.57. The van der Waals surface area contributed by atoms with Gasteiger partial charge in [0.15, 0.2) is 0 Å². The number of hydrogen-bond acceptors (Lipinski definition) is 4. The maximum atomic E-state index is 12.6. The van der Waals surface area contributed by atoms with Crippen LogP contribution in [0.5, 0.6) is 11.5 Å². The highest BCUT2D eigenvalue weighted by molar-refractivity contribution is 6.09. The van der Waals surface area contributed by atoms with E-state index in [4.69, 9.17) is 0 Å². The molecule has 0 aliphatic heterocycles. The molecule has 0 fully saturated rings. The highest BCUT2D eigenvalue weighted by atomic mass is 16.3. The topological polar surface area (TPSA) is 72.8 Å². The molecule has 24 heavy (non-hydrogen) atoms. The summed E-state index contributed by atoms with van der Waals surface area (Å²) in [6.07, 6.45) is 0. The van der Waals surface area contributed by atoms with E-state index >= 15 is 0 Å². The molecule has 5 nitrogen and oxygen atoms in total. The first kappa shape index (κ1) is 17.7. The van der Waals surface area contributed by atoms with E-state index in [1.807, 2.05) is 51.9 Å². The zero-order valence-electron chi connectivity index (χ0n) is 14.7. The summed E-state index contributed by atoms with van der Waals surface area (Å²) >= 11 is 0.